The van der Waals surface area contributed by atoms with E-state index in [4.69, 9.17) is 4.74 Å². The Morgan fingerprint density at radius 2 is 2.24 bits per heavy atom. The Kier molecular flexibility index (Phi) is 4.98. The van der Waals surface area contributed by atoms with Gasteiger partial charge >= 0.3 is 0 Å². The third kappa shape index (κ3) is 4.34. The first-order valence-electron chi connectivity index (χ1n) is 7.04. The summed E-state index contributed by atoms with van der Waals surface area (Å²) in [7, 11) is 0. The average Bonchev–Trinajstić information content (AvgIpc) is 2.97. The second-order valence-corrected chi connectivity index (χ2v) is 5.19. The number of rotatable bonds is 6. The van der Waals surface area contributed by atoms with Crippen LogP contribution in [0, 0.1) is 13.8 Å². The molecule has 0 aliphatic heterocycles. The van der Waals surface area contributed by atoms with Crippen LogP contribution in [-0.4, -0.2) is 22.7 Å². The summed E-state index contributed by atoms with van der Waals surface area (Å²) >= 11 is 0. The molecule has 2 rings (SSSR count). The van der Waals surface area contributed by atoms with Crippen LogP contribution in [0.15, 0.2) is 30.6 Å². The Morgan fingerprint density at radius 1 is 1.43 bits per heavy atom. The molecule has 0 saturated heterocycles. The molecule has 112 valence electrons. The van der Waals surface area contributed by atoms with E-state index >= 15 is 0 Å². The highest BCUT2D eigenvalue weighted by molar-refractivity contribution is 5.76. The van der Waals surface area contributed by atoms with E-state index in [9.17, 15) is 4.79 Å². The third-order valence-electron chi connectivity index (χ3n) is 3.33. The van der Waals surface area contributed by atoms with Gasteiger partial charge in [-0.15, -0.1) is 0 Å². The van der Waals surface area contributed by atoms with Gasteiger partial charge in [0, 0.05) is 11.8 Å². The van der Waals surface area contributed by atoms with E-state index in [1.807, 2.05) is 39.0 Å². The molecule has 5 nitrogen and oxygen atoms in total. The van der Waals surface area contributed by atoms with Gasteiger partial charge in [0.2, 0.25) is 5.91 Å². The number of aryl methyl sites for hydroxylation is 2. The number of amides is 1. The fourth-order valence-corrected chi connectivity index (χ4v) is 2.01. The molecule has 0 spiro atoms. The summed E-state index contributed by atoms with van der Waals surface area (Å²) in [5.41, 5.74) is 3.18. The average molecular weight is 287 g/mol. The highest BCUT2D eigenvalue weighted by Gasteiger charge is 2.10. The van der Waals surface area contributed by atoms with E-state index in [1.54, 1.807) is 12.4 Å². The van der Waals surface area contributed by atoms with Gasteiger partial charge in [0.05, 0.1) is 25.3 Å². The van der Waals surface area contributed by atoms with Gasteiger partial charge < -0.3 is 10.1 Å². The van der Waals surface area contributed by atoms with Gasteiger partial charge in [0.1, 0.15) is 5.75 Å². The van der Waals surface area contributed by atoms with Gasteiger partial charge in [0.25, 0.3) is 0 Å². The lowest BCUT2D eigenvalue weighted by Gasteiger charge is -2.13. The number of nitrogens with zero attached hydrogens (tertiary/aromatic N) is 1. The molecule has 2 aromatic rings. The van der Waals surface area contributed by atoms with Gasteiger partial charge in [-0.3, -0.25) is 9.89 Å². The number of carbonyl (C=O) groups is 1. The monoisotopic (exact) mass is 287 g/mol. The van der Waals surface area contributed by atoms with Gasteiger partial charge in [-0.1, -0.05) is 12.1 Å². The normalized spacial score (nSPS) is 12.0. The van der Waals surface area contributed by atoms with Crippen molar-refractivity contribution >= 4 is 5.91 Å². The SMILES string of the molecule is Cc1ccc(C)c(OCCC(=O)NC(C)c2cn[nH]c2)c1. The fourth-order valence-electron chi connectivity index (χ4n) is 2.01. The Bertz CT molecular complexity index is 594. The quantitative estimate of drug-likeness (QED) is 0.858. The van der Waals surface area contributed by atoms with Crippen LogP contribution in [0.3, 0.4) is 0 Å². The molecule has 0 bridgehead atoms. The highest BCUT2D eigenvalue weighted by atomic mass is 16.5. The van der Waals surface area contributed by atoms with Gasteiger partial charge in [0.15, 0.2) is 0 Å². The van der Waals surface area contributed by atoms with Crippen molar-refractivity contribution in [3.05, 3.63) is 47.3 Å². The molecule has 1 amide bonds. The molecule has 1 unspecified atom stereocenters. The Hall–Kier alpha value is -2.30. The molecular formula is C16H21N3O2. The van der Waals surface area contributed by atoms with Gasteiger partial charge in [-0.05, 0) is 38.0 Å². The minimum absolute atomic E-state index is 0.0333. The van der Waals surface area contributed by atoms with Crippen molar-refractivity contribution in [2.45, 2.75) is 33.2 Å². The lowest BCUT2D eigenvalue weighted by atomic mass is 10.1. The lowest BCUT2D eigenvalue weighted by molar-refractivity contribution is -0.122. The number of H-pyrrole nitrogens is 1. The Labute approximate surface area is 124 Å². The zero-order chi connectivity index (χ0) is 15.2. The van der Waals surface area contributed by atoms with Crippen LogP contribution in [-0.2, 0) is 4.79 Å². The summed E-state index contributed by atoms with van der Waals surface area (Å²) in [6.07, 6.45) is 3.81. The number of nitrogens with one attached hydrogen (secondary N) is 2. The summed E-state index contributed by atoms with van der Waals surface area (Å²) in [4.78, 5) is 11.9. The van der Waals surface area contributed by atoms with E-state index in [0.717, 1.165) is 22.4 Å². The molecule has 0 radical (unpaired) electrons. The Balaban J connectivity index is 1.78. The lowest BCUT2D eigenvalue weighted by Crippen LogP contribution is -2.27. The van der Waals surface area contributed by atoms with E-state index in [-0.39, 0.29) is 11.9 Å². The minimum Gasteiger partial charge on any atom is -0.493 e. The van der Waals surface area contributed by atoms with Crippen molar-refractivity contribution < 1.29 is 9.53 Å². The molecule has 1 heterocycles. The number of hydrogen-bond acceptors (Lipinski definition) is 3. The van der Waals surface area contributed by atoms with Crippen molar-refractivity contribution in [1.82, 2.24) is 15.5 Å². The van der Waals surface area contributed by atoms with Gasteiger partial charge in [-0.25, -0.2) is 0 Å². The molecule has 1 aromatic heterocycles. The summed E-state index contributed by atoms with van der Waals surface area (Å²) in [6, 6.07) is 5.99. The minimum atomic E-state index is -0.0584. The first-order chi connectivity index (χ1) is 10.1. The summed E-state index contributed by atoms with van der Waals surface area (Å²) in [6.45, 7) is 6.31. The smallest absolute Gasteiger partial charge is 0.223 e. The van der Waals surface area contributed by atoms with Crippen molar-refractivity contribution in [3.8, 4) is 5.75 Å². The van der Waals surface area contributed by atoms with E-state index in [2.05, 4.69) is 15.5 Å². The molecule has 5 heteroatoms. The van der Waals surface area contributed by atoms with Crippen molar-refractivity contribution in [3.63, 3.8) is 0 Å². The summed E-state index contributed by atoms with van der Waals surface area (Å²) in [5, 5.41) is 9.52. The van der Waals surface area contributed by atoms with E-state index < -0.39 is 0 Å². The molecule has 0 saturated carbocycles. The van der Waals surface area contributed by atoms with Crippen LogP contribution in [0.5, 0.6) is 5.75 Å². The molecule has 2 N–H and O–H groups in total. The van der Waals surface area contributed by atoms with Gasteiger partial charge in [-0.2, -0.15) is 5.10 Å². The topological polar surface area (TPSA) is 67.0 Å². The van der Waals surface area contributed by atoms with Crippen LogP contribution in [0.25, 0.3) is 0 Å². The number of ether oxygens (including phenoxy) is 1. The second kappa shape index (κ2) is 6.92. The summed E-state index contributed by atoms with van der Waals surface area (Å²) in [5.74, 6) is 0.805. The predicted octanol–water partition coefficient (Wildman–Crippen LogP) is 2.67. The van der Waals surface area contributed by atoms with Crippen molar-refractivity contribution in [2.24, 2.45) is 0 Å². The number of aromatic amines is 1. The van der Waals surface area contributed by atoms with Crippen LogP contribution < -0.4 is 10.1 Å². The van der Waals surface area contributed by atoms with Crippen LogP contribution in [0.1, 0.15) is 36.1 Å². The fraction of sp³-hybridized carbons (Fsp3) is 0.375. The third-order valence-corrected chi connectivity index (χ3v) is 3.33. The predicted molar refractivity (Wildman–Crippen MR) is 81.2 cm³/mol. The van der Waals surface area contributed by atoms with Crippen LogP contribution >= 0.6 is 0 Å². The zero-order valence-corrected chi connectivity index (χ0v) is 12.6. The number of carbonyl (C=O) groups excluding carboxylic acids is 1. The maximum atomic E-state index is 11.9. The van der Waals surface area contributed by atoms with E-state index in [1.165, 1.54) is 0 Å². The number of hydrogen-bond donors (Lipinski definition) is 2. The van der Waals surface area contributed by atoms with Crippen molar-refractivity contribution in [1.29, 1.82) is 0 Å². The largest absolute Gasteiger partial charge is 0.493 e. The zero-order valence-electron chi connectivity index (χ0n) is 12.6. The molecule has 0 fully saturated rings. The van der Waals surface area contributed by atoms with Crippen LogP contribution in [0.4, 0.5) is 0 Å². The molecule has 1 aromatic carbocycles. The Morgan fingerprint density at radius 3 is 2.95 bits per heavy atom. The number of aromatic nitrogens is 2. The maximum absolute atomic E-state index is 11.9. The molecule has 21 heavy (non-hydrogen) atoms. The number of benzene rings is 1. The molecule has 1 atom stereocenters. The first-order valence-corrected chi connectivity index (χ1v) is 7.04. The van der Waals surface area contributed by atoms with E-state index in [0.29, 0.717) is 13.0 Å². The molecule has 0 aliphatic carbocycles. The highest BCUT2D eigenvalue weighted by Crippen LogP contribution is 2.19. The van der Waals surface area contributed by atoms with Crippen LogP contribution in [0.2, 0.25) is 0 Å². The first kappa shape index (κ1) is 15.1. The molecule has 0 aliphatic rings. The maximum Gasteiger partial charge on any atom is 0.223 e. The second-order valence-electron chi connectivity index (χ2n) is 5.19. The standard InChI is InChI=1S/C16H21N3O2/c1-11-4-5-12(2)15(8-11)21-7-6-16(20)19-13(3)14-9-17-18-10-14/h4-5,8-10,13H,6-7H2,1-3H3,(H,17,18)(H,19,20). The summed E-state index contributed by atoms with van der Waals surface area (Å²) < 4.78 is 5.68. The van der Waals surface area contributed by atoms with Crippen molar-refractivity contribution in [2.75, 3.05) is 6.61 Å². The molecular weight excluding hydrogens is 266 g/mol.